The third-order valence-electron chi connectivity index (χ3n) is 5.51. The summed E-state index contributed by atoms with van der Waals surface area (Å²) in [7, 11) is 1.54. The molecule has 4 rings (SSSR count). The monoisotopic (exact) mass is 506 g/mol. The number of methoxy groups -OCH3 is 1. The molecule has 0 saturated carbocycles. The summed E-state index contributed by atoms with van der Waals surface area (Å²) < 4.78 is 16.0. The van der Waals surface area contributed by atoms with Crippen molar-refractivity contribution >= 4 is 29.0 Å². The highest BCUT2D eigenvalue weighted by Gasteiger charge is 2.23. The van der Waals surface area contributed by atoms with Gasteiger partial charge in [0.15, 0.2) is 11.5 Å². The first kappa shape index (κ1) is 25.0. The number of hydrogen-bond donors (Lipinski definition) is 1. The van der Waals surface area contributed by atoms with Gasteiger partial charge < -0.3 is 29.3 Å². The van der Waals surface area contributed by atoms with E-state index in [1.807, 2.05) is 41.8 Å². The van der Waals surface area contributed by atoms with E-state index in [0.717, 1.165) is 10.4 Å². The Balaban J connectivity index is 1.50. The van der Waals surface area contributed by atoms with Crippen LogP contribution in [0, 0.1) is 11.3 Å². The van der Waals surface area contributed by atoms with Crippen LogP contribution in [-0.2, 0) is 22.6 Å². The maximum absolute atomic E-state index is 13.5. The molecule has 3 aromatic rings. The lowest BCUT2D eigenvalue weighted by atomic mass is 10.2. The molecule has 0 fully saturated rings. The molecule has 0 atom stereocenters. The van der Waals surface area contributed by atoms with Crippen molar-refractivity contribution in [3.8, 4) is 17.6 Å². The molecule has 0 saturated heterocycles. The summed E-state index contributed by atoms with van der Waals surface area (Å²) in [5, 5.41) is 13.9. The summed E-state index contributed by atoms with van der Waals surface area (Å²) in [6, 6.07) is 17.7. The molecule has 0 spiro atoms. The summed E-state index contributed by atoms with van der Waals surface area (Å²) >= 11 is 1.57. The van der Waals surface area contributed by atoms with Crippen molar-refractivity contribution in [2.45, 2.75) is 13.1 Å². The van der Waals surface area contributed by atoms with E-state index in [2.05, 4.69) is 5.32 Å². The number of nitrogens with zero attached hydrogens (tertiary/aromatic N) is 3. The maximum atomic E-state index is 13.5. The molecule has 1 aromatic heterocycles. The summed E-state index contributed by atoms with van der Waals surface area (Å²) in [5.74, 6) is 1.12. The fourth-order valence-corrected chi connectivity index (χ4v) is 4.39. The zero-order valence-electron chi connectivity index (χ0n) is 19.8. The average molecular weight is 507 g/mol. The van der Waals surface area contributed by atoms with E-state index in [4.69, 9.17) is 19.5 Å². The Labute approximate surface area is 213 Å². The molecule has 186 valence electrons. The fourth-order valence-electron chi connectivity index (χ4n) is 3.67. The molecule has 0 bridgehead atoms. The number of nitriles is 1. The van der Waals surface area contributed by atoms with Crippen LogP contribution < -0.4 is 14.8 Å². The van der Waals surface area contributed by atoms with Crippen molar-refractivity contribution in [2.75, 3.05) is 38.9 Å². The summed E-state index contributed by atoms with van der Waals surface area (Å²) in [6.07, 6.45) is 0. The van der Waals surface area contributed by atoms with Gasteiger partial charge in [0.25, 0.3) is 0 Å². The SMILES string of the molecule is COCCN(CC(=O)N(Cc1ccc2c(c1)OCO2)Cc1cccs1)C(=O)Nc1cccc(C#N)c1. The predicted octanol–water partition coefficient (Wildman–Crippen LogP) is 4.06. The first-order valence-corrected chi connectivity index (χ1v) is 12.2. The average Bonchev–Trinajstić information content (AvgIpc) is 3.58. The van der Waals surface area contributed by atoms with Crippen LogP contribution in [0.2, 0.25) is 0 Å². The first-order valence-electron chi connectivity index (χ1n) is 11.3. The molecule has 1 N–H and O–H groups in total. The smallest absolute Gasteiger partial charge is 0.322 e. The maximum Gasteiger partial charge on any atom is 0.322 e. The molecule has 10 heteroatoms. The number of rotatable bonds is 10. The van der Waals surface area contributed by atoms with Gasteiger partial charge in [0.2, 0.25) is 12.7 Å². The number of thiophene rings is 1. The van der Waals surface area contributed by atoms with E-state index < -0.39 is 6.03 Å². The number of fused-ring (bicyclic) bond motifs is 1. The van der Waals surface area contributed by atoms with Gasteiger partial charge in [0, 0.05) is 30.8 Å². The predicted molar refractivity (Wildman–Crippen MR) is 135 cm³/mol. The van der Waals surface area contributed by atoms with E-state index >= 15 is 0 Å². The molecule has 0 unspecified atom stereocenters. The Hall–Kier alpha value is -4.07. The van der Waals surface area contributed by atoms with Crippen LogP contribution in [0.4, 0.5) is 10.5 Å². The number of benzene rings is 2. The van der Waals surface area contributed by atoms with Gasteiger partial charge in [-0.15, -0.1) is 11.3 Å². The number of urea groups is 1. The van der Waals surface area contributed by atoms with E-state index in [0.29, 0.717) is 35.8 Å². The van der Waals surface area contributed by atoms with Crippen LogP contribution in [0.5, 0.6) is 11.5 Å². The van der Waals surface area contributed by atoms with Crippen molar-refractivity contribution in [3.05, 3.63) is 76.0 Å². The Morgan fingerprint density at radius 2 is 1.94 bits per heavy atom. The van der Waals surface area contributed by atoms with E-state index in [9.17, 15) is 9.59 Å². The zero-order chi connectivity index (χ0) is 25.3. The quantitative estimate of drug-likeness (QED) is 0.445. The highest BCUT2D eigenvalue weighted by molar-refractivity contribution is 7.09. The Morgan fingerprint density at radius 1 is 1.08 bits per heavy atom. The Bertz CT molecular complexity index is 1240. The number of hydrogen-bond acceptors (Lipinski definition) is 7. The van der Waals surface area contributed by atoms with Crippen molar-refractivity contribution in [1.29, 1.82) is 5.26 Å². The van der Waals surface area contributed by atoms with Gasteiger partial charge in [-0.3, -0.25) is 4.79 Å². The standard InChI is InChI=1S/C26H26N4O5S/c1-33-10-9-29(26(32)28-21-5-2-4-19(12-21)14-27)17-25(31)30(16-22-6-3-11-36-22)15-20-7-8-23-24(13-20)35-18-34-23/h2-8,11-13H,9-10,15-18H2,1H3,(H,28,32). The molecule has 2 heterocycles. The van der Waals surface area contributed by atoms with Gasteiger partial charge in [-0.05, 0) is 47.3 Å². The first-order chi connectivity index (χ1) is 17.6. The Morgan fingerprint density at radius 3 is 2.72 bits per heavy atom. The van der Waals surface area contributed by atoms with Crippen LogP contribution in [0.25, 0.3) is 0 Å². The minimum atomic E-state index is -0.449. The number of amides is 3. The van der Waals surface area contributed by atoms with Crippen LogP contribution >= 0.6 is 11.3 Å². The molecule has 1 aliphatic rings. The Kier molecular flexibility index (Phi) is 8.39. The molecule has 1 aliphatic heterocycles. The molecular weight excluding hydrogens is 480 g/mol. The molecule has 0 radical (unpaired) electrons. The van der Waals surface area contributed by atoms with Crippen LogP contribution in [-0.4, -0.2) is 55.3 Å². The molecule has 9 nitrogen and oxygen atoms in total. The molecule has 3 amide bonds. The lowest BCUT2D eigenvalue weighted by Gasteiger charge is -2.28. The molecule has 36 heavy (non-hydrogen) atoms. The van der Waals surface area contributed by atoms with Gasteiger partial charge in [-0.2, -0.15) is 5.26 Å². The number of anilines is 1. The zero-order valence-corrected chi connectivity index (χ0v) is 20.6. The van der Waals surface area contributed by atoms with Gasteiger partial charge in [-0.25, -0.2) is 4.79 Å². The van der Waals surface area contributed by atoms with Crippen molar-refractivity contribution < 1.29 is 23.8 Å². The van der Waals surface area contributed by atoms with Crippen molar-refractivity contribution in [1.82, 2.24) is 9.80 Å². The lowest BCUT2D eigenvalue weighted by Crippen LogP contribution is -2.45. The second-order valence-corrected chi connectivity index (χ2v) is 9.09. The van der Waals surface area contributed by atoms with Crippen LogP contribution in [0.3, 0.4) is 0 Å². The number of carbonyl (C=O) groups is 2. The largest absolute Gasteiger partial charge is 0.454 e. The third-order valence-corrected chi connectivity index (χ3v) is 6.37. The normalized spacial score (nSPS) is 11.6. The van der Waals surface area contributed by atoms with Gasteiger partial charge in [0.05, 0.1) is 24.8 Å². The highest BCUT2D eigenvalue weighted by Crippen LogP contribution is 2.33. The van der Waals surface area contributed by atoms with Gasteiger partial charge >= 0.3 is 6.03 Å². The van der Waals surface area contributed by atoms with Crippen molar-refractivity contribution in [3.63, 3.8) is 0 Å². The number of nitrogens with one attached hydrogen (secondary N) is 1. The van der Waals surface area contributed by atoms with Crippen LogP contribution in [0.15, 0.2) is 60.0 Å². The molecule has 0 aliphatic carbocycles. The van der Waals surface area contributed by atoms with Gasteiger partial charge in [-0.1, -0.05) is 18.2 Å². The summed E-state index contributed by atoms with van der Waals surface area (Å²) in [4.78, 5) is 30.7. The molecule has 2 aromatic carbocycles. The minimum Gasteiger partial charge on any atom is -0.454 e. The minimum absolute atomic E-state index is 0.136. The second kappa shape index (κ2) is 12.1. The fraction of sp³-hybridized carbons (Fsp3) is 0.269. The third kappa shape index (κ3) is 6.53. The van der Waals surface area contributed by atoms with Crippen LogP contribution in [0.1, 0.15) is 16.0 Å². The number of ether oxygens (including phenoxy) is 3. The van der Waals surface area contributed by atoms with Gasteiger partial charge in [0.1, 0.15) is 6.54 Å². The summed E-state index contributed by atoms with van der Waals surface area (Å²) in [6.45, 7) is 1.29. The number of carbonyl (C=O) groups excluding carboxylic acids is 2. The second-order valence-electron chi connectivity index (χ2n) is 8.05. The van der Waals surface area contributed by atoms with E-state index in [1.54, 1.807) is 40.5 Å². The van der Waals surface area contributed by atoms with E-state index in [-0.39, 0.29) is 32.4 Å². The highest BCUT2D eigenvalue weighted by atomic mass is 32.1. The van der Waals surface area contributed by atoms with E-state index in [1.165, 1.54) is 12.0 Å². The van der Waals surface area contributed by atoms with Crippen molar-refractivity contribution in [2.24, 2.45) is 0 Å². The molecular formula is C26H26N4O5S. The lowest BCUT2D eigenvalue weighted by molar-refractivity contribution is -0.133. The topological polar surface area (TPSA) is 104 Å². The summed E-state index contributed by atoms with van der Waals surface area (Å²) in [5.41, 5.74) is 1.80.